The molecule has 2 heteroatoms. The molecule has 0 N–H and O–H groups in total. The maximum atomic E-state index is 5.65. The van der Waals surface area contributed by atoms with Crippen molar-refractivity contribution in [2.24, 2.45) is 0 Å². The second-order valence-corrected chi connectivity index (χ2v) is 3.45. The van der Waals surface area contributed by atoms with Crippen LogP contribution in [-0.4, -0.2) is 5.33 Å². The Kier molecular flexibility index (Phi) is 3.95. The van der Waals surface area contributed by atoms with Crippen LogP contribution in [0.15, 0.2) is 24.3 Å². The summed E-state index contributed by atoms with van der Waals surface area (Å²) in [6.45, 7) is 0. The molecule has 1 aromatic carbocycles. The van der Waals surface area contributed by atoms with Gasteiger partial charge in [-0.1, -0.05) is 40.2 Å². The van der Waals surface area contributed by atoms with E-state index in [0.29, 0.717) is 5.88 Å². The molecule has 0 atom stereocenters. The molecule has 0 aromatic heterocycles. The summed E-state index contributed by atoms with van der Waals surface area (Å²) in [6.07, 6.45) is 1.09. The molecule has 0 saturated carbocycles. The lowest BCUT2D eigenvalue weighted by molar-refractivity contribution is 1.16. The molecule has 0 bridgehead atoms. The second-order valence-electron chi connectivity index (χ2n) is 2.39. The average Bonchev–Trinajstić information content (AvgIpc) is 2.07. The summed E-state index contributed by atoms with van der Waals surface area (Å²) in [5.74, 6) is 0.606. The van der Waals surface area contributed by atoms with Crippen LogP contribution in [0, 0.1) is 0 Å². The molecule has 0 heterocycles. The van der Waals surface area contributed by atoms with Gasteiger partial charge in [-0.05, 0) is 17.5 Å². The summed E-state index contributed by atoms with van der Waals surface area (Å²) in [6, 6.07) is 8.40. The zero-order chi connectivity index (χ0) is 8.10. The first kappa shape index (κ1) is 9.08. The third kappa shape index (κ3) is 2.84. The van der Waals surface area contributed by atoms with E-state index in [2.05, 4.69) is 40.2 Å². The number of rotatable bonds is 3. The highest BCUT2D eigenvalue weighted by atomic mass is 79.9. The van der Waals surface area contributed by atoms with Crippen LogP contribution in [0.4, 0.5) is 0 Å². The first-order chi connectivity index (χ1) is 5.36. The lowest BCUT2D eigenvalue weighted by atomic mass is 10.1. The van der Waals surface area contributed by atoms with E-state index in [4.69, 9.17) is 11.6 Å². The van der Waals surface area contributed by atoms with Gasteiger partial charge in [-0.2, -0.15) is 0 Å². The van der Waals surface area contributed by atoms with E-state index in [9.17, 15) is 0 Å². The van der Waals surface area contributed by atoms with Gasteiger partial charge < -0.3 is 0 Å². The van der Waals surface area contributed by atoms with Gasteiger partial charge in [0.05, 0.1) is 0 Å². The Bertz CT molecular complexity index is 205. The SMILES string of the molecule is ClCc1ccc(CCBr)cc1. The summed E-state index contributed by atoms with van der Waals surface area (Å²) in [5, 5.41) is 1.02. The normalized spacial score (nSPS) is 10.0. The summed E-state index contributed by atoms with van der Waals surface area (Å²) in [7, 11) is 0. The number of hydrogen-bond donors (Lipinski definition) is 0. The molecular formula is C9H10BrCl. The molecule has 1 rings (SSSR count). The van der Waals surface area contributed by atoms with Gasteiger partial charge in [0.1, 0.15) is 0 Å². The van der Waals surface area contributed by atoms with Crippen molar-refractivity contribution in [1.82, 2.24) is 0 Å². The van der Waals surface area contributed by atoms with Crippen LogP contribution in [-0.2, 0) is 12.3 Å². The van der Waals surface area contributed by atoms with Crippen LogP contribution >= 0.6 is 27.5 Å². The largest absolute Gasteiger partial charge is 0.122 e. The number of hydrogen-bond acceptors (Lipinski definition) is 0. The van der Waals surface area contributed by atoms with Crippen molar-refractivity contribution in [2.75, 3.05) is 5.33 Å². The second kappa shape index (κ2) is 4.78. The fourth-order valence-corrected chi connectivity index (χ4v) is 1.54. The maximum absolute atomic E-state index is 5.65. The van der Waals surface area contributed by atoms with Crippen molar-refractivity contribution >= 4 is 27.5 Å². The van der Waals surface area contributed by atoms with Crippen molar-refractivity contribution in [2.45, 2.75) is 12.3 Å². The fraction of sp³-hybridized carbons (Fsp3) is 0.333. The summed E-state index contributed by atoms with van der Waals surface area (Å²) in [4.78, 5) is 0. The predicted molar refractivity (Wildman–Crippen MR) is 53.5 cm³/mol. The monoisotopic (exact) mass is 232 g/mol. The molecule has 11 heavy (non-hydrogen) atoms. The highest BCUT2D eigenvalue weighted by Gasteiger charge is 1.91. The standard InChI is InChI=1S/C9H10BrCl/c10-6-5-8-1-3-9(7-11)4-2-8/h1-4H,5-7H2. The molecule has 0 saturated heterocycles. The molecule has 0 fully saturated rings. The zero-order valence-corrected chi connectivity index (χ0v) is 8.53. The lowest BCUT2D eigenvalue weighted by Gasteiger charge is -1.98. The minimum atomic E-state index is 0.606. The molecule has 0 amide bonds. The minimum Gasteiger partial charge on any atom is -0.122 e. The van der Waals surface area contributed by atoms with Crippen LogP contribution in [0.5, 0.6) is 0 Å². The predicted octanol–water partition coefficient (Wildman–Crippen LogP) is 3.36. The average molecular weight is 234 g/mol. The van der Waals surface area contributed by atoms with E-state index < -0.39 is 0 Å². The molecule has 0 radical (unpaired) electrons. The van der Waals surface area contributed by atoms with Gasteiger partial charge in [-0.25, -0.2) is 0 Å². The molecule has 60 valence electrons. The van der Waals surface area contributed by atoms with Crippen LogP contribution in [0.3, 0.4) is 0 Å². The van der Waals surface area contributed by atoms with E-state index in [-0.39, 0.29) is 0 Å². The van der Waals surface area contributed by atoms with Crippen molar-refractivity contribution in [3.63, 3.8) is 0 Å². The van der Waals surface area contributed by atoms with Gasteiger partial charge >= 0.3 is 0 Å². The first-order valence-corrected chi connectivity index (χ1v) is 5.22. The molecule has 0 aliphatic heterocycles. The Labute approximate surface area is 80.7 Å². The molecule has 0 unspecified atom stereocenters. The van der Waals surface area contributed by atoms with E-state index in [1.165, 1.54) is 11.1 Å². The van der Waals surface area contributed by atoms with E-state index >= 15 is 0 Å². The van der Waals surface area contributed by atoms with Crippen LogP contribution in [0.2, 0.25) is 0 Å². The van der Waals surface area contributed by atoms with Gasteiger partial charge in [0, 0.05) is 11.2 Å². The summed E-state index contributed by atoms with van der Waals surface area (Å²) >= 11 is 9.04. The molecule has 0 nitrogen and oxygen atoms in total. The lowest BCUT2D eigenvalue weighted by Crippen LogP contribution is -1.85. The van der Waals surface area contributed by atoms with E-state index in [1.54, 1.807) is 0 Å². The van der Waals surface area contributed by atoms with Gasteiger partial charge in [0.25, 0.3) is 0 Å². The minimum absolute atomic E-state index is 0.606. The van der Waals surface area contributed by atoms with Crippen LogP contribution < -0.4 is 0 Å². The molecular weight excluding hydrogens is 223 g/mol. The molecule has 0 aliphatic rings. The molecule has 0 spiro atoms. The fourth-order valence-electron chi connectivity index (χ4n) is 0.904. The Morgan fingerprint density at radius 2 is 1.64 bits per heavy atom. The van der Waals surface area contributed by atoms with Crippen molar-refractivity contribution in [3.05, 3.63) is 35.4 Å². The Hall–Kier alpha value is -0.0100. The Morgan fingerprint density at radius 1 is 1.09 bits per heavy atom. The smallest absolute Gasteiger partial charge is 0.0474 e. The molecule has 0 aliphatic carbocycles. The maximum Gasteiger partial charge on any atom is 0.0474 e. The highest BCUT2D eigenvalue weighted by molar-refractivity contribution is 9.09. The third-order valence-electron chi connectivity index (χ3n) is 1.56. The van der Waals surface area contributed by atoms with Crippen LogP contribution in [0.1, 0.15) is 11.1 Å². The summed E-state index contributed by atoms with van der Waals surface area (Å²) < 4.78 is 0. The van der Waals surface area contributed by atoms with Gasteiger partial charge in [0.2, 0.25) is 0 Å². The molecule has 1 aromatic rings. The quantitative estimate of drug-likeness (QED) is 0.702. The number of halogens is 2. The number of benzene rings is 1. The van der Waals surface area contributed by atoms with Crippen molar-refractivity contribution in [3.8, 4) is 0 Å². The summed E-state index contributed by atoms with van der Waals surface area (Å²) in [5.41, 5.74) is 2.54. The Morgan fingerprint density at radius 3 is 2.09 bits per heavy atom. The first-order valence-electron chi connectivity index (χ1n) is 3.56. The number of aryl methyl sites for hydroxylation is 1. The van der Waals surface area contributed by atoms with Crippen molar-refractivity contribution < 1.29 is 0 Å². The van der Waals surface area contributed by atoms with Gasteiger partial charge in [0.15, 0.2) is 0 Å². The van der Waals surface area contributed by atoms with Gasteiger partial charge in [-0.3, -0.25) is 0 Å². The van der Waals surface area contributed by atoms with Crippen LogP contribution in [0.25, 0.3) is 0 Å². The third-order valence-corrected chi connectivity index (χ3v) is 2.27. The van der Waals surface area contributed by atoms with E-state index in [1.807, 2.05) is 0 Å². The van der Waals surface area contributed by atoms with E-state index in [0.717, 1.165) is 11.8 Å². The van der Waals surface area contributed by atoms with Crippen molar-refractivity contribution in [1.29, 1.82) is 0 Å². The number of alkyl halides is 2. The zero-order valence-electron chi connectivity index (χ0n) is 6.19. The highest BCUT2D eigenvalue weighted by Crippen LogP contribution is 2.07. The Balaban J connectivity index is 2.66. The topological polar surface area (TPSA) is 0 Å². The van der Waals surface area contributed by atoms with Gasteiger partial charge in [-0.15, -0.1) is 11.6 Å².